The number of thiocarbonyl (C=S) groups is 1. The first kappa shape index (κ1) is 18.8. The van der Waals surface area contributed by atoms with E-state index in [4.69, 9.17) is 28.6 Å². The molecule has 3 rings (SSSR count). The van der Waals surface area contributed by atoms with Gasteiger partial charge >= 0.3 is 0 Å². The predicted octanol–water partition coefficient (Wildman–Crippen LogP) is 4.48. The molecule has 1 N–H and O–H groups in total. The van der Waals surface area contributed by atoms with E-state index < -0.39 is 0 Å². The average Bonchev–Trinajstić information content (AvgIpc) is 2.65. The summed E-state index contributed by atoms with van der Waals surface area (Å²) in [5.41, 5.74) is 4.41. The van der Waals surface area contributed by atoms with Crippen LogP contribution in [0.2, 0.25) is 5.02 Å². The van der Waals surface area contributed by atoms with E-state index in [2.05, 4.69) is 41.1 Å². The molecule has 0 bridgehead atoms. The molecule has 0 unspecified atom stereocenters. The monoisotopic (exact) mass is 389 g/mol. The molecule has 0 saturated carbocycles. The Kier molecular flexibility index (Phi) is 5.89. The molecule has 1 saturated heterocycles. The topological polar surface area (TPSA) is 27.7 Å². The maximum absolute atomic E-state index is 6.32. The third-order valence-corrected chi connectivity index (χ3v) is 5.50. The first-order chi connectivity index (χ1) is 12.5. The maximum atomic E-state index is 6.32. The SMILES string of the molecule is COc1cc(C)c(C)cc1NC(=S)N1CCN(c2ccccc2Cl)CC1. The molecule has 0 amide bonds. The third kappa shape index (κ3) is 4.05. The Balaban J connectivity index is 1.64. The highest BCUT2D eigenvalue weighted by Gasteiger charge is 2.21. The van der Waals surface area contributed by atoms with Crippen LogP contribution in [0, 0.1) is 13.8 Å². The van der Waals surface area contributed by atoms with Gasteiger partial charge in [0.25, 0.3) is 0 Å². The number of anilines is 2. The zero-order chi connectivity index (χ0) is 18.7. The van der Waals surface area contributed by atoms with E-state index >= 15 is 0 Å². The van der Waals surface area contributed by atoms with Gasteiger partial charge in [0.15, 0.2) is 5.11 Å². The number of ether oxygens (including phenoxy) is 1. The van der Waals surface area contributed by atoms with E-state index in [1.807, 2.05) is 24.3 Å². The molecule has 2 aromatic rings. The molecule has 0 atom stereocenters. The lowest BCUT2D eigenvalue weighted by atomic mass is 10.1. The number of benzene rings is 2. The van der Waals surface area contributed by atoms with Crippen LogP contribution in [0.15, 0.2) is 36.4 Å². The standard InChI is InChI=1S/C20H24ClN3OS/c1-14-12-17(19(25-3)13-15(14)2)22-20(26)24-10-8-23(9-11-24)18-7-5-4-6-16(18)21/h4-7,12-13H,8-11H2,1-3H3,(H,22,26). The molecule has 1 aliphatic heterocycles. The van der Waals surface area contributed by atoms with Gasteiger partial charge in [-0.3, -0.25) is 0 Å². The van der Waals surface area contributed by atoms with Gasteiger partial charge < -0.3 is 19.9 Å². The Morgan fingerprint density at radius 3 is 2.38 bits per heavy atom. The number of rotatable bonds is 3. The van der Waals surface area contributed by atoms with Gasteiger partial charge in [-0.2, -0.15) is 0 Å². The predicted molar refractivity (Wildman–Crippen MR) is 114 cm³/mol. The van der Waals surface area contributed by atoms with Crippen molar-refractivity contribution in [2.24, 2.45) is 0 Å². The second-order valence-electron chi connectivity index (χ2n) is 6.49. The molecule has 26 heavy (non-hydrogen) atoms. The maximum Gasteiger partial charge on any atom is 0.173 e. The minimum absolute atomic E-state index is 0.727. The summed E-state index contributed by atoms with van der Waals surface area (Å²) in [7, 11) is 1.68. The Morgan fingerprint density at radius 2 is 1.73 bits per heavy atom. The summed E-state index contributed by atoms with van der Waals surface area (Å²) < 4.78 is 5.49. The molecule has 0 aliphatic carbocycles. The van der Waals surface area contributed by atoms with E-state index in [9.17, 15) is 0 Å². The van der Waals surface area contributed by atoms with E-state index in [1.54, 1.807) is 7.11 Å². The number of para-hydroxylation sites is 1. The van der Waals surface area contributed by atoms with Crippen LogP contribution in [-0.2, 0) is 0 Å². The molecule has 1 fully saturated rings. The molecule has 1 aliphatic rings. The van der Waals surface area contributed by atoms with Crippen LogP contribution in [0.25, 0.3) is 0 Å². The lowest BCUT2D eigenvalue weighted by Gasteiger charge is -2.37. The van der Waals surface area contributed by atoms with Crippen LogP contribution in [0.3, 0.4) is 0 Å². The summed E-state index contributed by atoms with van der Waals surface area (Å²) in [6.45, 7) is 7.64. The van der Waals surface area contributed by atoms with Crippen LogP contribution in [0.4, 0.5) is 11.4 Å². The van der Waals surface area contributed by atoms with Gasteiger partial charge in [-0.05, 0) is 61.5 Å². The van der Waals surface area contributed by atoms with Crippen molar-refractivity contribution < 1.29 is 4.74 Å². The molecule has 138 valence electrons. The number of hydrogen-bond donors (Lipinski definition) is 1. The minimum atomic E-state index is 0.727. The van der Waals surface area contributed by atoms with Crippen molar-refractivity contribution in [2.75, 3.05) is 43.5 Å². The lowest BCUT2D eigenvalue weighted by Crippen LogP contribution is -2.50. The smallest absolute Gasteiger partial charge is 0.173 e. The summed E-state index contributed by atoms with van der Waals surface area (Å²) in [5.74, 6) is 0.810. The van der Waals surface area contributed by atoms with Gasteiger partial charge in [0.2, 0.25) is 0 Å². The van der Waals surface area contributed by atoms with Crippen molar-refractivity contribution in [1.29, 1.82) is 0 Å². The van der Waals surface area contributed by atoms with E-state index in [1.165, 1.54) is 11.1 Å². The fraction of sp³-hybridized carbons (Fsp3) is 0.350. The van der Waals surface area contributed by atoms with Crippen LogP contribution >= 0.6 is 23.8 Å². The largest absolute Gasteiger partial charge is 0.495 e. The molecule has 4 nitrogen and oxygen atoms in total. The van der Waals surface area contributed by atoms with E-state index in [-0.39, 0.29) is 0 Å². The lowest BCUT2D eigenvalue weighted by molar-refractivity contribution is 0.390. The average molecular weight is 390 g/mol. The van der Waals surface area contributed by atoms with Crippen molar-refractivity contribution in [3.05, 3.63) is 52.5 Å². The van der Waals surface area contributed by atoms with Gasteiger partial charge in [0, 0.05) is 26.2 Å². The number of halogens is 1. The van der Waals surface area contributed by atoms with Gasteiger partial charge in [-0.1, -0.05) is 23.7 Å². The Morgan fingerprint density at radius 1 is 1.08 bits per heavy atom. The quantitative estimate of drug-likeness (QED) is 0.781. The summed E-state index contributed by atoms with van der Waals surface area (Å²) in [5, 5.41) is 4.87. The zero-order valence-electron chi connectivity index (χ0n) is 15.4. The third-order valence-electron chi connectivity index (χ3n) is 4.82. The molecule has 0 spiro atoms. The molecule has 6 heteroatoms. The van der Waals surface area contributed by atoms with Crippen LogP contribution in [0.1, 0.15) is 11.1 Å². The molecular formula is C20H24ClN3OS. The summed E-state index contributed by atoms with van der Waals surface area (Å²) in [4.78, 5) is 4.50. The van der Waals surface area contributed by atoms with E-state index in [0.29, 0.717) is 0 Å². The summed E-state index contributed by atoms with van der Waals surface area (Å²) >= 11 is 12.0. The number of aryl methyl sites for hydroxylation is 2. The summed E-state index contributed by atoms with van der Waals surface area (Å²) in [6, 6.07) is 12.1. The van der Waals surface area contributed by atoms with E-state index in [0.717, 1.165) is 53.4 Å². The van der Waals surface area contributed by atoms with Crippen LogP contribution in [0.5, 0.6) is 5.75 Å². The summed E-state index contributed by atoms with van der Waals surface area (Å²) in [6.07, 6.45) is 0. The molecular weight excluding hydrogens is 366 g/mol. The highest BCUT2D eigenvalue weighted by Crippen LogP contribution is 2.29. The first-order valence-electron chi connectivity index (χ1n) is 8.70. The Bertz CT molecular complexity index is 804. The van der Waals surface area contributed by atoms with Crippen LogP contribution < -0.4 is 15.0 Å². The molecule has 1 heterocycles. The van der Waals surface area contributed by atoms with Crippen LogP contribution in [-0.4, -0.2) is 43.3 Å². The minimum Gasteiger partial charge on any atom is -0.495 e. The molecule has 0 aromatic heterocycles. The first-order valence-corrected chi connectivity index (χ1v) is 9.49. The highest BCUT2D eigenvalue weighted by atomic mass is 35.5. The van der Waals surface area contributed by atoms with Gasteiger partial charge in [-0.25, -0.2) is 0 Å². The van der Waals surface area contributed by atoms with Crippen molar-refractivity contribution >= 4 is 40.3 Å². The Labute approximate surface area is 165 Å². The van der Waals surface area contributed by atoms with Gasteiger partial charge in [-0.15, -0.1) is 0 Å². The zero-order valence-corrected chi connectivity index (χ0v) is 17.0. The van der Waals surface area contributed by atoms with Crippen molar-refractivity contribution in [3.8, 4) is 5.75 Å². The fourth-order valence-electron chi connectivity index (χ4n) is 3.11. The number of piperazine rings is 1. The van der Waals surface area contributed by atoms with Crippen molar-refractivity contribution in [2.45, 2.75) is 13.8 Å². The Hall–Kier alpha value is -1.98. The van der Waals surface area contributed by atoms with Crippen molar-refractivity contribution in [3.63, 3.8) is 0 Å². The number of hydrogen-bond acceptors (Lipinski definition) is 3. The highest BCUT2D eigenvalue weighted by molar-refractivity contribution is 7.80. The number of nitrogens with zero attached hydrogens (tertiary/aromatic N) is 2. The normalized spacial score (nSPS) is 14.3. The molecule has 0 radical (unpaired) electrons. The fourth-order valence-corrected chi connectivity index (χ4v) is 3.66. The number of nitrogens with one attached hydrogen (secondary N) is 1. The van der Waals surface area contributed by atoms with Crippen molar-refractivity contribution in [1.82, 2.24) is 4.90 Å². The van der Waals surface area contributed by atoms with Gasteiger partial charge in [0.05, 0.1) is 23.5 Å². The number of methoxy groups -OCH3 is 1. The second kappa shape index (κ2) is 8.14. The molecule has 2 aromatic carbocycles. The second-order valence-corrected chi connectivity index (χ2v) is 7.29. The van der Waals surface area contributed by atoms with Gasteiger partial charge in [0.1, 0.15) is 5.75 Å².